The molecule has 136 valence electrons. The number of likely N-dealkylation sites (tertiary alicyclic amines) is 1. The van der Waals surface area contributed by atoms with Crippen molar-refractivity contribution in [2.75, 3.05) is 39.8 Å². The molecule has 1 saturated heterocycles. The van der Waals surface area contributed by atoms with Crippen LogP contribution in [0.4, 0.5) is 0 Å². The molecule has 1 aliphatic rings. The molecule has 1 aromatic heterocycles. The van der Waals surface area contributed by atoms with Gasteiger partial charge in [-0.25, -0.2) is 0 Å². The van der Waals surface area contributed by atoms with Gasteiger partial charge in [-0.3, -0.25) is 4.99 Å². The minimum absolute atomic E-state index is 0.513. The van der Waals surface area contributed by atoms with Crippen LogP contribution in [0.15, 0.2) is 21.8 Å². The van der Waals surface area contributed by atoms with Gasteiger partial charge in [0, 0.05) is 20.1 Å². The molecule has 0 bridgehead atoms. The molecule has 2 heterocycles. The third-order valence-corrected chi connectivity index (χ3v) is 5.51. The monoisotopic (exact) mass is 350 g/mol. The van der Waals surface area contributed by atoms with E-state index in [4.69, 9.17) is 0 Å². The Morgan fingerprint density at radius 2 is 2.04 bits per heavy atom. The van der Waals surface area contributed by atoms with Gasteiger partial charge >= 0.3 is 0 Å². The van der Waals surface area contributed by atoms with Crippen molar-refractivity contribution in [2.24, 2.45) is 4.99 Å². The number of piperidine rings is 1. The second kappa shape index (κ2) is 11.5. The first-order valence-electron chi connectivity index (χ1n) is 9.48. The zero-order valence-corrected chi connectivity index (χ0v) is 16.2. The van der Waals surface area contributed by atoms with Crippen molar-refractivity contribution < 1.29 is 0 Å². The Morgan fingerprint density at radius 3 is 2.75 bits per heavy atom. The van der Waals surface area contributed by atoms with Crippen LogP contribution in [0.5, 0.6) is 0 Å². The van der Waals surface area contributed by atoms with Gasteiger partial charge in [-0.2, -0.15) is 11.3 Å². The van der Waals surface area contributed by atoms with Crippen LogP contribution in [-0.2, 0) is 0 Å². The highest BCUT2D eigenvalue weighted by atomic mass is 32.1. The molecule has 0 spiro atoms. The van der Waals surface area contributed by atoms with Gasteiger partial charge in [0.15, 0.2) is 5.96 Å². The summed E-state index contributed by atoms with van der Waals surface area (Å²) in [6.07, 6.45) is 8.06. The molecule has 2 N–H and O–H groups in total. The zero-order valence-electron chi connectivity index (χ0n) is 15.4. The summed E-state index contributed by atoms with van der Waals surface area (Å²) < 4.78 is 0. The molecule has 2 rings (SSSR count). The molecule has 1 atom stereocenters. The number of nitrogens with zero attached hydrogens (tertiary/aromatic N) is 2. The van der Waals surface area contributed by atoms with E-state index in [0.29, 0.717) is 5.92 Å². The van der Waals surface area contributed by atoms with Crippen LogP contribution in [0.1, 0.15) is 56.9 Å². The van der Waals surface area contributed by atoms with E-state index in [1.165, 1.54) is 63.7 Å². The van der Waals surface area contributed by atoms with Gasteiger partial charge in [0.05, 0.1) is 0 Å². The quantitative estimate of drug-likeness (QED) is 0.405. The molecule has 0 amide bonds. The van der Waals surface area contributed by atoms with Crippen molar-refractivity contribution in [1.82, 2.24) is 15.5 Å². The molecule has 0 aromatic carbocycles. The fraction of sp³-hybridized carbons (Fsp3) is 0.737. The highest BCUT2D eigenvalue weighted by Gasteiger charge is 2.09. The first-order valence-corrected chi connectivity index (χ1v) is 10.4. The van der Waals surface area contributed by atoms with Gasteiger partial charge in [-0.1, -0.05) is 19.8 Å². The Labute approximate surface area is 151 Å². The van der Waals surface area contributed by atoms with E-state index in [2.05, 4.69) is 44.3 Å². The summed E-state index contributed by atoms with van der Waals surface area (Å²) in [5, 5.41) is 11.2. The molecule has 0 saturated carbocycles. The van der Waals surface area contributed by atoms with E-state index in [-0.39, 0.29) is 0 Å². The van der Waals surface area contributed by atoms with Crippen molar-refractivity contribution in [1.29, 1.82) is 0 Å². The highest BCUT2D eigenvalue weighted by molar-refractivity contribution is 7.07. The number of nitrogens with one attached hydrogen (secondary N) is 2. The third kappa shape index (κ3) is 7.22. The molecule has 0 aliphatic carbocycles. The second-order valence-electron chi connectivity index (χ2n) is 6.80. The number of rotatable bonds is 9. The summed E-state index contributed by atoms with van der Waals surface area (Å²) in [6.45, 7) is 8.10. The van der Waals surface area contributed by atoms with Gasteiger partial charge in [-0.05, 0) is 73.6 Å². The normalized spacial score (nSPS) is 17.7. The Hall–Kier alpha value is -1.07. The number of guanidine groups is 1. The predicted octanol–water partition coefficient (Wildman–Crippen LogP) is 3.67. The average Bonchev–Trinajstić information content (AvgIpc) is 3.16. The maximum Gasteiger partial charge on any atom is 0.190 e. The molecule has 1 aromatic rings. The summed E-state index contributed by atoms with van der Waals surface area (Å²) in [5.74, 6) is 1.44. The summed E-state index contributed by atoms with van der Waals surface area (Å²) in [6, 6.07) is 2.20. The molecule has 1 aliphatic heterocycles. The smallest absolute Gasteiger partial charge is 0.190 e. The first kappa shape index (κ1) is 19.3. The molecule has 1 fully saturated rings. The fourth-order valence-corrected chi connectivity index (χ4v) is 3.95. The van der Waals surface area contributed by atoms with Crippen LogP contribution in [0.25, 0.3) is 0 Å². The molecular formula is C19H34N4S. The van der Waals surface area contributed by atoms with Crippen molar-refractivity contribution in [3.8, 4) is 0 Å². The lowest BCUT2D eigenvalue weighted by Gasteiger charge is -2.26. The Morgan fingerprint density at radius 1 is 1.21 bits per heavy atom. The molecular weight excluding hydrogens is 316 g/mol. The van der Waals surface area contributed by atoms with Crippen molar-refractivity contribution >= 4 is 17.3 Å². The van der Waals surface area contributed by atoms with Crippen LogP contribution in [-0.4, -0.2) is 50.6 Å². The van der Waals surface area contributed by atoms with Crippen LogP contribution in [0.2, 0.25) is 0 Å². The second-order valence-corrected chi connectivity index (χ2v) is 7.58. The lowest BCUT2D eigenvalue weighted by atomic mass is 10.1. The van der Waals surface area contributed by atoms with Crippen LogP contribution >= 0.6 is 11.3 Å². The van der Waals surface area contributed by atoms with Crippen molar-refractivity contribution in [2.45, 2.75) is 51.4 Å². The molecule has 5 heteroatoms. The van der Waals surface area contributed by atoms with Gasteiger partial charge < -0.3 is 15.5 Å². The molecule has 1 unspecified atom stereocenters. The van der Waals surface area contributed by atoms with Crippen molar-refractivity contribution in [3.05, 3.63) is 22.4 Å². The fourth-order valence-electron chi connectivity index (χ4n) is 3.17. The van der Waals surface area contributed by atoms with E-state index in [1.54, 1.807) is 11.3 Å². The van der Waals surface area contributed by atoms with Crippen LogP contribution < -0.4 is 10.6 Å². The number of unbranched alkanes of at least 4 members (excludes halogenated alkanes) is 2. The van der Waals surface area contributed by atoms with Gasteiger partial charge in [0.1, 0.15) is 0 Å². The Kier molecular flexibility index (Phi) is 9.21. The maximum atomic E-state index is 4.32. The van der Waals surface area contributed by atoms with Gasteiger partial charge in [0.25, 0.3) is 0 Å². The maximum absolute atomic E-state index is 4.32. The van der Waals surface area contributed by atoms with Crippen molar-refractivity contribution in [3.63, 3.8) is 0 Å². The van der Waals surface area contributed by atoms with E-state index in [1.807, 2.05) is 7.05 Å². The number of hydrogen-bond donors (Lipinski definition) is 2. The van der Waals surface area contributed by atoms with Gasteiger partial charge in [0.2, 0.25) is 0 Å². The Bertz CT molecular complexity index is 452. The van der Waals surface area contributed by atoms with Crippen LogP contribution in [0.3, 0.4) is 0 Å². The number of hydrogen-bond acceptors (Lipinski definition) is 3. The van der Waals surface area contributed by atoms with E-state index in [0.717, 1.165) is 19.0 Å². The largest absolute Gasteiger partial charge is 0.356 e. The number of aliphatic imine (C=N–C) groups is 1. The minimum Gasteiger partial charge on any atom is -0.356 e. The summed E-state index contributed by atoms with van der Waals surface area (Å²) >= 11 is 1.76. The highest BCUT2D eigenvalue weighted by Crippen LogP contribution is 2.17. The Balaban J connectivity index is 1.50. The predicted molar refractivity (Wildman–Crippen MR) is 106 cm³/mol. The molecule has 4 nitrogen and oxygen atoms in total. The SMILES string of the molecule is CN=C(NCCCCCN1CCCCC1)NCC(C)c1ccsc1. The third-order valence-electron chi connectivity index (χ3n) is 4.80. The lowest BCUT2D eigenvalue weighted by Crippen LogP contribution is -2.39. The minimum atomic E-state index is 0.513. The average molecular weight is 351 g/mol. The first-order chi connectivity index (χ1) is 11.8. The zero-order chi connectivity index (χ0) is 17.0. The van der Waals surface area contributed by atoms with E-state index >= 15 is 0 Å². The van der Waals surface area contributed by atoms with E-state index in [9.17, 15) is 0 Å². The summed E-state index contributed by atoms with van der Waals surface area (Å²) in [4.78, 5) is 6.95. The lowest BCUT2D eigenvalue weighted by molar-refractivity contribution is 0.224. The standard InChI is InChI=1S/C19H34N4S/c1-17(18-9-14-24-16-18)15-22-19(20-2)21-10-5-3-6-11-23-12-7-4-8-13-23/h9,14,16-17H,3-8,10-13,15H2,1-2H3,(H2,20,21,22). The van der Waals surface area contributed by atoms with E-state index < -0.39 is 0 Å². The summed E-state index contributed by atoms with van der Waals surface area (Å²) in [7, 11) is 1.85. The van der Waals surface area contributed by atoms with Crippen LogP contribution in [0, 0.1) is 0 Å². The van der Waals surface area contributed by atoms with Gasteiger partial charge in [-0.15, -0.1) is 0 Å². The molecule has 0 radical (unpaired) electrons. The molecule has 24 heavy (non-hydrogen) atoms. The topological polar surface area (TPSA) is 39.7 Å². The summed E-state index contributed by atoms with van der Waals surface area (Å²) in [5.41, 5.74) is 1.40. The number of thiophene rings is 1.